The first-order chi connectivity index (χ1) is 16.3. The van der Waals surface area contributed by atoms with Crippen molar-refractivity contribution >= 4 is 39.4 Å². The summed E-state index contributed by atoms with van der Waals surface area (Å²) in [6, 6.07) is 8.34. The highest BCUT2D eigenvalue weighted by Gasteiger charge is 2.34. The Hall–Kier alpha value is -3.24. The fourth-order valence-electron chi connectivity index (χ4n) is 2.60. The van der Waals surface area contributed by atoms with Gasteiger partial charge in [-0.3, -0.25) is 14.5 Å². The van der Waals surface area contributed by atoms with Crippen molar-refractivity contribution in [2.24, 2.45) is 0 Å². The van der Waals surface area contributed by atoms with Crippen molar-refractivity contribution in [2.45, 2.75) is 6.42 Å². The summed E-state index contributed by atoms with van der Waals surface area (Å²) in [4.78, 5) is 51.0. The molecule has 0 aromatic heterocycles. The van der Waals surface area contributed by atoms with Gasteiger partial charge in [-0.1, -0.05) is 24.3 Å². The highest BCUT2D eigenvalue weighted by molar-refractivity contribution is 7.60. The summed E-state index contributed by atoms with van der Waals surface area (Å²) in [7, 11) is -7.85. The Morgan fingerprint density at radius 2 is 1.34 bits per heavy atom. The number of hydrogen-bond donors (Lipinski definition) is 4. The lowest BCUT2D eigenvalue weighted by atomic mass is 10.1. The smallest absolute Gasteiger partial charge is 0.504 e. The number of aromatic hydroxyl groups is 1. The third kappa shape index (κ3) is 9.50. The number of carbonyl (C=O) groups is 2. The Labute approximate surface area is 199 Å². The fraction of sp³-hybridized carbons (Fsp3) is 0.143. The summed E-state index contributed by atoms with van der Waals surface area (Å²) in [6.07, 6.45) is 4.80. The predicted octanol–water partition coefficient (Wildman–Crippen LogP) is 3.25. The zero-order chi connectivity index (χ0) is 26.2. The van der Waals surface area contributed by atoms with E-state index in [0.29, 0.717) is 11.1 Å². The molecule has 0 aliphatic carbocycles. The molecule has 2 aromatic rings. The summed E-state index contributed by atoms with van der Waals surface area (Å²) in [5, 5.41) is 9.58. The van der Waals surface area contributed by atoms with Crippen LogP contribution < -0.4 is 14.0 Å². The van der Waals surface area contributed by atoms with Crippen molar-refractivity contribution < 1.29 is 56.8 Å². The molecule has 188 valence electrons. The number of hydrogen-bond acceptors (Lipinski definition) is 9. The summed E-state index contributed by atoms with van der Waals surface area (Å²) in [5.74, 6) is -1.21. The first kappa shape index (κ1) is 28.0. The van der Waals surface area contributed by atoms with E-state index < -0.39 is 33.6 Å². The van der Waals surface area contributed by atoms with E-state index in [2.05, 4.69) is 8.83 Å². The summed E-state index contributed by atoms with van der Waals surface area (Å²) >= 11 is 0. The monoisotopic (exact) mass is 528 g/mol. The zero-order valence-corrected chi connectivity index (χ0v) is 20.2. The Kier molecular flexibility index (Phi) is 9.55. The lowest BCUT2D eigenvalue weighted by Gasteiger charge is -2.15. The lowest BCUT2D eigenvalue weighted by molar-refractivity contribution is -0.121. The average molecular weight is 528 g/mol. The maximum atomic E-state index is 12.1. The van der Waals surface area contributed by atoms with E-state index in [4.69, 9.17) is 19.3 Å². The molecule has 4 N–H and O–H groups in total. The van der Waals surface area contributed by atoms with Crippen LogP contribution in [0.1, 0.15) is 17.5 Å². The number of phosphoric acid groups is 2. The molecule has 14 heteroatoms. The topological polar surface area (TPSA) is 186 Å². The third-order valence-corrected chi connectivity index (χ3v) is 6.19. The standard InChI is InChI=1S/C21H22O12P2/c1-30-20-11-14(5-9-18(20)24)3-7-16(22)13-17(23)8-4-15-6-10-19(21(12-15)31-2)32-35(28,29)33-34(25,26)27/h3-12,24H,13H2,1-2H3,(H,28,29)(H2,25,26,27)/b7-3+,8-4+. The van der Waals surface area contributed by atoms with Crippen LogP contribution in [0.3, 0.4) is 0 Å². The molecule has 0 saturated carbocycles. The minimum Gasteiger partial charge on any atom is -0.504 e. The molecule has 12 nitrogen and oxygen atoms in total. The van der Waals surface area contributed by atoms with E-state index >= 15 is 0 Å². The summed E-state index contributed by atoms with van der Waals surface area (Å²) < 4.78 is 40.8. The van der Waals surface area contributed by atoms with Crippen molar-refractivity contribution in [3.63, 3.8) is 0 Å². The van der Waals surface area contributed by atoms with Crippen LogP contribution in [0.25, 0.3) is 12.2 Å². The number of phenolic OH excluding ortho intramolecular Hbond substituents is 1. The number of ether oxygens (including phenoxy) is 2. The highest BCUT2D eigenvalue weighted by Crippen LogP contribution is 2.58. The second kappa shape index (κ2) is 11.9. The van der Waals surface area contributed by atoms with E-state index in [-0.39, 0.29) is 23.0 Å². The van der Waals surface area contributed by atoms with E-state index in [1.807, 2.05) is 0 Å². The molecule has 2 rings (SSSR count). The van der Waals surface area contributed by atoms with Crippen molar-refractivity contribution in [2.75, 3.05) is 14.2 Å². The number of phenols is 1. The molecule has 0 fully saturated rings. The van der Waals surface area contributed by atoms with Gasteiger partial charge in [0.25, 0.3) is 0 Å². The van der Waals surface area contributed by atoms with Crippen LogP contribution >= 0.6 is 15.6 Å². The van der Waals surface area contributed by atoms with Crippen LogP contribution in [0.5, 0.6) is 23.0 Å². The molecule has 1 atom stereocenters. The van der Waals surface area contributed by atoms with Gasteiger partial charge >= 0.3 is 15.6 Å². The van der Waals surface area contributed by atoms with E-state index in [0.717, 1.165) is 12.1 Å². The number of allylic oxidation sites excluding steroid dienone is 2. The molecule has 1 unspecified atom stereocenters. The van der Waals surface area contributed by atoms with Crippen LogP contribution in [0.15, 0.2) is 48.6 Å². The van der Waals surface area contributed by atoms with Crippen LogP contribution in [0.4, 0.5) is 0 Å². The summed E-state index contributed by atoms with van der Waals surface area (Å²) in [5.41, 5.74) is 0.981. The van der Waals surface area contributed by atoms with Gasteiger partial charge in [0.15, 0.2) is 34.6 Å². The highest BCUT2D eigenvalue weighted by atomic mass is 31.3. The Bertz CT molecular complexity index is 1240. The van der Waals surface area contributed by atoms with Crippen molar-refractivity contribution in [3.8, 4) is 23.0 Å². The molecule has 0 heterocycles. The molecule has 0 bridgehead atoms. The maximum absolute atomic E-state index is 12.1. The second-order valence-electron chi connectivity index (χ2n) is 6.75. The SMILES string of the molecule is COc1cc(/C=C/C(=O)CC(=O)/C=C/c2ccc(OP(=O)(O)OP(=O)(O)O)c(OC)c2)ccc1O. The van der Waals surface area contributed by atoms with Gasteiger partial charge in [-0.05, 0) is 47.5 Å². The normalized spacial score (nSPS) is 13.5. The van der Waals surface area contributed by atoms with Gasteiger partial charge in [0.2, 0.25) is 0 Å². The van der Waals surface area contributed by atoms with Crippen molar-refractivity contribution in [1.82, 2.24) is 0 Å². The first-order valence-electron chi connectivity index (χ1n) is 9.58. The van der Waals surface area contributed by atoms with E-state index in [9.17, 15) is 28.7 Å². The second-order valence-corrected chi connectivity index (χ2v) is 9.50. The van der Waals surface area contributed by atoms with Crippen molar-refractivity contribution in [3.05, 3.63) is 59.7 Å². The molecular formula is C21H22O12P2. The molecule has 0 radical (unpaired) electrons. The summed E-state index contributed by atoms with van der Waals surface area (Å²) in [6.45, 7) is 0. The molecule has 35 heavy (non-hydrogen) atoms. The molecule has 0 spiro atoms. The lowest BCUT2D eigenvalue weighted by Crippen LogP contribution is -2.02. The first-order valence-corrected chi connectivity index (χ1v) is 12.6. The van der Waals surface area contributed by atoms with Crippen LogP contribution in [-0.2, 0) is 23.0 Å². The van der Waals surface area contributed by atoms with Gasteiger partial charge in [-0.15, -0.1) is 0 Å². The van der Waals surface area contributed by atoms with E-state index in [1.54, 1.807) is 6.07 Å². The Morgan fingerprint density at radius 1 is 0.829 bits per heavy atom. The number of ketones is 2. The number of rotatable bonds is 12. The number of phosphoric ester groups is 1. The van der Waals surface area contributed by atoms with Crippen molar-refractivity contribution in [1.29, 1.82) is 0 Å². The molecule has 0 saturated heterocycles. The molecule has 0 aliphatic heterocycles. The van der Waals surface area contributed by atoms with Crippen LogP contribution in [-0.4, -0.2) is 45.6 Å². The predicted molar refractivity (Wildman–Crippen MR) is 124 cm³/mol. The molecule has 0 amide bonds. The minimum atomic E-state index is -5.30. The number of methoxy groups -OCH3 is 2. The van der Waals surface area contributed by atoms with Gasteiger partial charge < -0.3 is 28.9 Å². The van der Waals surface area contributed by atoms with Gasteiger partial charge in [-0.2, -0.15) is 4.31 Å². The molecular weight excluding hydrogens is 506 g/mol. The maximum Gasteiger partial charge on any atom is 0.536 e. The number of benzene rings is 2. The average Bonchev–Trinajstić information content (AvgIpc) is 2.75. The Balaban J connectivity index is 2.02. The number of carbonyl (C=O) groups excluding carboxylic acids is 2. The fourth-order valence-corrected chi connectivity index (χ4v) is 4.21. The van der Waals surface area contributed by atoms with Gasteiger partial charge in [-0.25, -0.2) is 9.13 Å². The third-order valence-electron chi connectivity index (χ3n) is 4.09. The van der Waals surface area contributed by atoms with Gasteiger partial charge in [0.1, 0.15) is 0 Å². The van der Waals surface area contributed by atoms with Gasteiger partial charge in [0, 0.05) is 0 Å². The molecule has 0 aliphatic rings. The molecule has 2 aromatic carbocycles. The van der Waals surface area contributed by atoms with Crippen LogP contribution in [0.2, 0.25) is 0 Å². The largest absolute Gasteiger partial charge is 0.536 e. The van der Waals surface area contributed by atoms with Crippen LogP contribution in [0, 0.1) is 0 Å². The van der Waals surface area contributed by atoms with E-state index in [1.165, 1.54) is 56.7 Å². The zero-order valence-electron chi connectivity index (χ0n) is 18.4. The van der Waals surface area contributed by atoms with Gasteiger partial charge in [0.05, 0.1) is 20.6 Å². The quantitative estimate of drug-likeness (QED) is 0.179. The Morgan fingerprint density at radius 3 is 1.86 bits per heavy atom. The minimum absolute atomic E-state index is 0.0487.